The molecule has 0 radical (unpaired) electrons. The molecule has 0 N–H and O–H groups in total. The molecule has 5 heteroatoms. The molecule has 0 unspecified atom stereocenters. The van der Waals surface area contributed by atoms with Crippen LogP contribution in [0, 0.1) is 13.8 Å². The standard InChI is InChI=1S/C18H23N3O2/c1-13-14(2)19-12-20-18(13)21-10-8-17(9-11-21)23-16-6-4-15(22-3)5-7-16/h4-7,12,17H,8-11H2,1-3H3. The Morgan fingerprint density at radius 1 is 1.00 bits per heavy atom. The highest BCUT2D eigenvalue weighted by atomic mass is 16.5. The number of methoxy groups -OCH3 is 1. The number of aromatic nitrogens is 2. The number of benzene rings is 1. The molecule has 3 rings (SSSR count). The smallest absolute Gasteiger partial charge is 0.135 e. The molecule has 1 fully saturated rings. The molecule has 1 saturated heterocycles. The number of hydrogen-bond donors (Lipinski definition) is 0. The van der Waals surface area contributed by atoms with Gasteiger partial charge in [0.05, 0.1) is 7.11 Å². The molecule has 0 amide bonds. The zero-order chi connectivity index (χ0) is 16.2. The zero-order valence-electron chi connectivity index (χ0n) is 14.0. The molecule has 5 nitrogen and oxygen atoms in total. The van der Waals surface area contributed by atoms with Gasteiger partial charge >= 0.3 is 0 Å². The van der Waals surface area contributed by atoms with E-state index in [4.69, 9.17) is 9.47 Å². The van der Waals surface area contributed by atoms with Crippen LogP contribution in [0.2, 0.25) is 0 Å². The van der Waals surface area contributed by atoms with Crippen LogP contribution >= 0.6 is 0 Å². The number of piperidine rings is 1. The highest BCUT2D eigenvalue weighted by Gasteiger charge is 2.23. The van der Waals surface area contributed by atoms with Crippen molar-refractivity contribution in [3.8, 4) is 11.5 Å². The van der Waals surface area contributed by atoms with Gasteiger partial charge in [0.1, 0.15) is 29.7 Å². The zero-order valence-corrected chi connectivity index (χ0v) is 14.0. The monoisotopic (exact) mass is 313 g/mol. The van der Waals surface area contributed by atoms with E-state index in [1.54, 1.807) is 13.4 Å². The number of aryl methyl sites for hydroxylation is 1. The maximum absolute atomic E-state index is 6.08. The van der Waals surface area contributed by atoms with Crippen molar-refractivity contribution in [1.29, 1.82) is 0 Å². The molecule has 1 aromatic carbocycles. The van der Waals surface area contributed by atoms with Gasteiger partial charge in [-0.3, -0.25) is 0 Å². The van der Waals surface area contributed by atoms with E-state index in [1.165, 1.54) is 5.56 Å². The topological polar surface area (TPSA) is 47.5 Å². The van der Waals surface area contributed by atoms with Crippen molar-refractivity contribution in [2.24, 2.45) is 0 Å². The fourth-order valence-corrected chi connectivity index (χ4v) is 2.88. The Hall–Kier alpha value is -2.30. The summed E-state index contributed by atoms with van der Waals surface area (Å²) in [6, 6.07) is 7.78. The lowest BCUT2D eigenvalue weighted by Gasteiger charge is -2.33. The minimum absolute atomic E-state index is 0.253. The summed E-state index contributed by atoms with van der Waals surface area (Å²) in [5.41, 5.74) is 2.22. The maximum atomic E-state index is 6.08. The highest BCUT2D eigenvalue weighted by Crippen LogP contribution is 2.25. The van der Waals surface area contributed by atoms with Crippen molar-refractivity contribution in [2.45, 2.75) is 32.8 Å². The second kappa shape index (κ2) is 6.86. The van der Waals surface area contributed by atoms with Crippen molar-refractivity contribution in [2.75, 3.05) is 25.1 Å². The first-order valence-corrected chi connectivity index (χ1v) is 8.01. The van der Waals surface area contributed by atoms with E-state index in [0.717, 1.165) is 48.9 Å². The van der Waals surface area contributed by atoms with E-state index >= 15 is 0 Å². The first-order valence-electron chi connectivity index (χ1n) is 8.01. The normalized spacial score (nSPS) is 15.5. The fraction of sp³-hybridized carbons (Fsp3) is 0.444. The Kier molecular flexibility index (Phi) is 4.65. The Morgan fingerprint density at radius 2 is 1.65 bits per heavy atom. The summed E-state index contributed by atoms with van der Waals surface area (Å²) >= 11 is 0. The van der Waals surface area contributed by atoms with Crippen molar-refractivity contribution in [3.63, 3.8) is 0 Å². The third-order valence-corrected chi connectivity index (χ3v) is 4.41. The average molecular weight is 313 g/mol. The van der Waals surface area contributed by atoms with Crippen LogP contribution in [0.1, 0.15) is 24.1 Å². The van der Waals surface area contributed by atoms with Crippen LogP contribution in [0.15, 0.2) is 30.6 Å². The van der Waals surface area contributed by atoms with Crippen LogP contribution in [-0.2, 0) is 0 Å². The first-order chi connectivity index (χ1) is 11.2. The summed E-state index contributed by atoms with van der Waals surface area (Å²) in [5.74, 6) is 2.81. The van der Waals surface area contributed by atoms with Gasteiger partial charge in [-0.15, -0.1) is 0 Å². The summed E-state index contributed by atoms with van der Waals surface area (Å²) in [6.45, 7) is 6.03. The molecule has 0 saturated carbocycles. The summed E-state index contributed by atoms with van der Waals surface area (Å²) < 4.78 is 11.2. The fourth-order valence-electron chi connectivity index (χ4n) is 2.88. The molecule has 0 aliphatic carbocycles. The van der Waals surface area contributed by atoms with Crippen LogP contribution in [0.3, 0.4) is 0 Å². The van der Waals surface area contributed by atoms with Gasteiger partial charge in [-0.1, -0.05) is 0 Å². The molecule has 0 atom stereocenters. The van der Waals surface area contributed by atoms with Crippen molar-refractivity contribution < 1.29 is 9.47 Å². The molecule has 2 heterocycles. The summed E-state index contributed by atoms with van der Waals surface area (Å²) in [7, 11) is 1.67. The lowest BCUT2D eigenvalue weighted by molar-refractivity contribution is 0.170. The predicted octanol–water partition coefficient (Wildman–Crippen LogP) is 3.15. The lowest BCUT2D eigenvalue weighted by Crippen LogP contribution is -2.39. The highest BCUT2D eigenvalue weighted by molar-refractivity contribution is 5.47. The molecular weight excluding hydrogens is 290 g/mol. The molecule has 1 aromatic heterocycles. The van der Waals surface area contributed by atoms with Gasteiger partial charge < -0.3 is 14.4 Å². The van der Waals surface area contributed by atoms with Crippen LogP contribution in [0.25, 0.3) is 0 Å². The van der Waals surface area contributed by atoms with E-state index in [1.807, 2.05) is 31.2 Å². The van der Waals surface area contributed by atoms with Gasteiger partial charge in [0.25, 0.3) is 0 Å². The van der Waals surface area contributed by atoms with Crippen molar-refractivity contribution in [3.05, 3.63) is 41.9 Å². The molecule has 1 aliphatic rings. The largest absolute Gasteiger partial charge is 0.497 e. The third kappa shape index (κ3) is 3.55. The lowest BCUT2D eigenvalue weighted by atomic mass is 10.1. The minimum atomic E-state index is 0.253. The summed E-state index contributed by atoms with van der Waals surface area (Å²) in [6.07, 6.45) is 3.89. The van der Waals surface area contributed by atoms with E-state index in [0.29, 0.717) is 0 Å². The number of anilines is 1. The molecule has 122 valence electrons. The van der Waals surface area contributed by atoms with Gasteiger partial charge in [0, 0.05) is 37.2 Å². The number of rotatable bonds is 4. The Bertz CT molecular complexity index is 650. The quantitative estimate of drug-likeness (QED) is 0.868. The Labute approximate surface area is 137 Å². The van der Waals surface area contributed by atoms with E-state index in [-0.39, 0.29) is 6.10 Å². The van der Waals surface area contributed by atoms with Gasteiger partial charge in [-0.25, -0.2) is 9.97 Å². The van der Waals surface area contributed by atoms with Crippen LogP contribution in [-0.4, -0.2) is 36.3 Å². The minimum Gasteiger partial charge on any atom is -0.497 e. The molecule has 23 heavy (non-hydrogen) atoms. The molecule has 0 spiro atoms. The third-order valence-electron chi connectivity index (χ3n) is 4.41. The van der Waals surface area contributed by atoms with Crippen LogP contribution in [0.4, 0.5) is 5.82 Å². The molecular formula is C18H23N3O2. The maximum Gasteiger partial charge on any atom is 0.135 e. The van der Waals surface area contributed by atoms with Crippen LogP contribution in [0.5, 0.6) is 11.5 Å². The molecule has 0 bridgehead atoms. The number of ether oxygens (including phenoxy) is 2. The Balaban J connectivity index is 1.58. The van der Waals surface area contributed by atoms with Gasteiger partial charge in [0.2, 0.25) is 0 Å². The summed E-state index contributed by atoms with van der Waals surface area (Å²) in [4.78, 5) is 11.0. The summed E-state index contributed by atoms with van der Waals surface area (Å²) in [5, 5.41) is 0. The first kappa shape index (κ1) is 15.6. The molecule has 1 aliphatic heterocycles. The Morgan fingerprint density at radius 3 is 2.30 bits per heavy atom. The van der Waals surface area contributed by atoms with Gasteiger partial charge in [-0.05, 0) is 38.1 Å². The van der Waals surface area contributed by atoms with Crippen molar-refractivity contribution >= 4 is 5.82 Å². The number of nitrogens with zero attached hydrogens (tertiary/aromatic N) is 3. The van der Waals surface area contributed by atoms with E-state index in [2.05, 4.69) is 21.8 Å². The van der Waals surface area contributed by atoms with Gasteiger partial charge in [-0.2, -0.15) is 0 Å². The second-order valence-electron chi connectivity index (χ2n) is 5.89. The van der Waals surface area contributed by atoms with Gasteiger partial charge in [0.15, 0.2) is 0 Å². The predicted molar refractivity (Wildman–Crippen MR) is 90.4 cm³/mol. The van der Waals surface area contributed by atoms with Crippen molar-refractivity contribution in [1.82, 2.24) is 9.97 Å². The second-order valence-corrected chi connectivity index (χ2v) is 5.89. The van der Waals surface area contributed by atoms with Crippen LogP contribution < -0.4 is 14.4 Å². The SMILES string of the molecule is COc1ccc(OC2CCN(c3ncnc(C)c3C)CC2)cc1. The molecule has 2 aromatic rings. The number of hydrogen-bond acceptors (Lipinski definition) is 5. The van der Waals surface area contributed by atoms with E-state index in [9.17, 15) is 0 Å². The average Bonchev–Trinajstić information content (AvgIpc) is 2.59. The van der Waals surface area contributed by atoms with E-state index < -0.39 is 0 Å².